The molecule has 132 valence electrons. The third-order valence-electron chi connectivity index (χ3n) is 3.13. The van der Waals surface area contributed by atoms with Crippen molar-refractivity contribution in [2.24, 2.45) is 0 Å². The highest BCUT2D eigenvalue weighted by Crippen LogP contribution is 2.22. The lowest BCUT2D eigenvalue weighted by Crippen LogP contribution is -2.42. The molecule has 0 aliphatic carbocycles. The summed E-state index contributed by atoms with van der Waals surface area (Å²) in [5.74, 6) is 1.01. The number of para-hydroxylation sites is 1. The van der Waals surface area contributed by atoms with Crippen LogP contribution in [-0.2, 0) is 9.53 Å². The van der Waals surface area contributed by atoms with Gasteiger partial charge in [-0.05, 0) is 36.4 Å². The summed E-state index contributed by atoms with van der Waals surface area (Å²) in [7, 11) is 1.53. The third-order valence-corrected chi connectivity index (χ3v) is 3.13. The summed E-state index contributed by atoms with van der Waals surface area (Å²) in [6.45, 7) is 0.708. The van der Waals surface area contributed by atoms with Crippen molar-refractivity contribution in [1.29, 1.82) is 0 Å². The number of ether oxygens (including phenoxy) is 2. The van der Waals surface area contributed by atoms with E-state index in [1.807, 2.05) is 30.3 Å². The molecule has 3 amide bonds. The van der Waals surface area contributed by atoms with E-state index in [4.69, 9.17) is 9.47 Å². The maximum atomic E-state index is 11.7. The van der Waals surface area contributed by atoms with Gasteiger partial charge in [0.1, 0.15) is 11.5 Å². The van der Waals surface area contributed by atoms with E-state index < -0.39 is 11.9 Å². The van der Waals surface area contributed by atoms with E-state index in [-0.39, 0.29) is 6.54 Å². The van der Waals surface area contributed by atoms with Crippen molar-refractivity contribution in [1.82, 2.24) is 10.6 Å². The molecule has 0 saturated carbocycles. The third kappa shape index (κ3) is 6.92. The van der Waals surface area contributed by atoms with Gasteiger partial charge in [-0.25, -0.2) is 4.79 Å². The second-order valence-electron chi connectivity index (χ2n) is 5.09. The Labute approximate surface area is 146 Å². The molecule has 2 aromatic rings. The second-order valence-corrected chi connectivity index (χ2v) is 5.09. The van der Waals surface area contributed by atoms with Crippen molar-refractivity contribution in [3.63, 3.8) is 0 Å². The topological polar surface area (TPSA) is 88.7 Å². The van der Waals surface area contributed by atoms with Crippen LogP contribution < -0.4 is 20.7 Å². The van der Waals surface area contributed by atoms with Crippen molar-refractivity contribution in [2.75, 3.05) is 32.1 Å². The van der Waals surface area contributed by atoms with Gasteiger partial charge in [-0.3, -0.25) is 10.1 Å². The van der Waals surface area contributed by atoms with E-state index in [9.17, 15) is 9.59 Å². The first kappa shape index (κ1) is 18.3. The fourth-order valence-electron chi connectivity index (χ4n) is 1.93. The number of rotatable bonds is 8. The summed E-state index contributed by atoms with van der Waals surface area (Å²) in [5.41, 5.74) is 0.746. The number of carbonyl (C=O) groups is 2. The van der Waals surface area contributed by atoms with Crippen molar-refractivity contribution in [3.05, 3.63) is 54.6 Å². The van der Waals surface area contributed by atoms with Crippen LogP contribution in [0.25, 0.3) is 0 Å². The smallest absolute Gasteiger partial charge is 0.321 e. The van der Waals surface area contributed by atoms with Crippen LogP contribution in [0.3, 0.4) is 0 Å². The largest absolute Gasteiger partial charge is 0.457 e. The molecule has 0 aliphatic heterocycles. The fourth-order valence-corrected chi connectivity index (χ4v) is 1.93. The molecule has 0 aliphatic rings. The van der Waals surface area contributed by atoms with Crippen LogP contribution in [0.1, 0.15) is 0 Å². The van der Waals surface area contributed by atoms with Gasteiger partial charge < -0.3 is 20.1 Å². The summed E-state index contributed by atoms with van der Waals surface area (Å²) in [6.07, 6.45) is 0. The Morgan fingerprint density at radius 1 is 0.960 bits per heavy atom. The van der Waals surface area contributed by atoms with Crippen molar-refractivity contribution >= 4 is 17.6 Å². The molecule has 25 heavy (non-hydrogen) atoms. The van der Waals surface area contributed by atoms with Crippen LogP contribution in [0.15, 0.2) is 54.6 Å². The van der Waals surface area contributed by atoms with Crippen molar-refractivity contribution in [2.45, 2.75) is 0 Å². The summed E-state index contributed by atoms with van der Waals surface area (Å²) in [6, 6.07) is 16.1. The number of hydrogen-bond donors (Lipinski definition) is 3. The van der Waals surface area contributed by atoms with Crippen LogP contribution in [0.5, 0.6) is 11.5 Å². The molecule has 7 heteroatoms. The summed E-state index contributed by atoms with van der Waals surface area (Å²) in [5, 5.41) is 7.66. The number of hydrogen-bond acceptors (Lipinski definition) is 5. The number of imide groups is 1. The van der Waals surface area contributed by atoms with Gasteiger partial charge in [0.05, 0.1) is 13.2 Å². The average molecular weight is 343 g/mol. The zero-order valence-corrected chi connectivity index (χ0v) is 14.0. The molecule has 0 saturated heterocycles. The molecule has 0 radical (unpaired) electrons. The zero-order valence-electron chi connectivity index (χ0n) is 14.0. The van der Waals surface area contributed by atoms with Gasteiger partial charge in [0.2, 0.25) is 5.91 Å². The lowest BCUT2D eigenvalue weighted by atomic mass is 10.3. The summed E-state index contributed by atoms with van der Waals surface area (Å²) >= 11 is 0. The van der Waals surface area contributed by atoms with Gasteiger partial charge in [-0.2, -0.15) is 0 Å². The number of methoxy groups -OCH3 is 1. The van der Waals surface area contributed by atoms with Gasteiger partial charge in [0.15, 0.2) is 0 Å². The van der Waals surface area contributed by atoms with Crippen LogP contribution in [0.4, 0.5) is 10.5 Å². The molecule has 2 rings (SSSR count). The summed E-state index contributed by atoms with van der Waals surface area (Å²) in [4.78, 5) is 23.1. The molecule has 0 fully saturated rings. The quantitative estimate of drug-likeness (QED) is 0.640. The number of anilines is 1. The van der Waals surface area contributed by atoms with E-state index in [1.54, 1.807) is 24.3 Å². The number of amides is 3. The van der Waals surface area contributed by atoms with Crippen molar-refractivity contribution in [3.8, 4) is 11.5 Å². The molecule has 3 N–H and O–H groups in total. The molecule has 0 heterocycles. The maximum Gasteiger partial charge on any atom is 0.321 e. The Morgan fingerprint density at radius 3 is 2.32 bits per heavy atom. The molecule has 0 unspecified atom stereocenters. The van der Waals surface area contributed by atoms with Gasteiger partial charge in [-0.1, -0.05) is 18.2 Å². The van der Waals surface area contributed by atoms with Crippen LogP contribution in [0.2, 0.25) is 0 Å². The zero-order chi connectivity index (χ0) is 17.9. The predicted octanol–water partition coefficient (Wildman–Crippen LogP) is 2.36. The van der Waals surface area contributed by atoms with E-state index >= 15 is 0 Å². The number of benzene rings is 2. The minimum atomic E-state index is -0.546. The molecule has 0 bridgehead atoms. The minimum absolute atomic E-state index is 0.0173. The fraction of sp³-hybridized carbons (Fsp3) is 0.222. The molecule has 7 nitrogen and oxygen atoms in total. The van der Waals surface area contributed by atoms with Gasteiger partial charge in [0.25, 0.3) is 0 Å². The molecule has 0 spiro atoms. The summed E-state index contributed by atoms with van der Waals surface area (Å²) < 4.78 is 10.5. The molecular formula is C18H21N3O4. The first-order valence-corrected chi connectivity index (χ1v) is 7.81. The normalized spacial score (nSPS) is 9.96. The Morgan fingerprint density at radius 2 is 1.64 bits per heavy atom. The maximum absolute atomic E-state index is 11.7. The Bertz CT molecular complexity index is 674. The first-order chi connectivity index (χ1) is 12.2. The van der Waals surface area contributed by atoms with Crippen LogP contribution >= 0.6 is 0 Å². The average Bonchev–Trinajstić information content (AvgIpc) is 2.62. The Balaban J connectivity index is 1.73. The first-order valence-electron chi connectivity index (χ1n) is 7.81. The van der Waals surface area contributed by atoms with Crippen molar-refractivity contribution < 1.29 is 19.1 Å². The SMILES string of the molecule is COCCNC(=O)NC(=O)CNc1ccc(Oc2ccccc2)cc1. The molecule has 2 aromatic carbocycles. The highest BCUT2D eigenvalue weighted by atomic mass is 16.5. The highest BCUT2D eigenvalue weighted by Gasteiger charge is 2.06. The highest BCUT2D eigenvalue weighted by molar-refractivity contribution is 5.96. The van der Waals surface area contributed by atoms with Gasteiger partial charge in [-0.15, -0.1) is 0 Å². The molecular weight excluding hydrogens is 322 g/mol. The second kappa shape index (κ2) is 9.94. The lowest BCUT2D eigenvalue weighted by molar-refractivity contribution is -0.118. The molecule has 0 atom stereocenters. The van der Waals surface area contributed by atoms with Gasteiger partial charge >= 0.3 is 6.03 Å². The van der Waals surface area contributed by atoms with E-state index in [2.05, 4.69) is 16.0 Å². The number of carbonyl (C=O) groups excluding carboxylic acids is 2. The predicted molar refractivity (Wildman–Crippen MR) is 94.9 cm³/mol. The molecule has 0 aromatic heterocycles. The van der Waals surface area contributed by atoms with E-state index in [0.717, 1.165) is 11.4 Å². The van der Waals surface area contributed by atoms with Gasteiger partial charge in [0, 0.05) is 19.3 Å². The van der Waals surface area contributed by atoms with Crippen LogP contribution in [0, 0.1) is 0 Å². The van der Waals surface area contributed by atoms with E-state index in [1.165, 1.54) is 7.11 Å². The number of nitrogens with one attached hydrogen (secondary N) is 3. The Hall–Kier alpha value is -3.06. The van der Waals surface area contributed by atoms with E-state index in [0.29, 0.717) is 18.9 Å². The Kier molecular flexibility index (Phi) is 7.27. The number of urea groups is 1. The minimum Gasteiger partial charge on any atom is -0.457 e. The lowest BCUT2D eigenvalue weighted by Gasteiger charge is -2.09. The standard InChI is InChI=1S/C18H21N3O4/c1-24-12-11-19-18(23)21-17(22)13-20-14-7-9-16(10-8-14)25-15-5-3-2-4-6-15/h2-10,20H,11-13H2,1H3,(H2,19,21,22,23). The monoisotopic (exact) mass is 343 g/mol. The van der Waals surface area contributed by atoms with Crippen LogP contribution in [-0.4, -0.2) is 38.7 Å².